The van der Waals surface area contributed by atoms with Gasteiger partial charge < -0.3 is 14.5 Å². The van der Waals surface area contributed by atoms with Crippen LogP contribution in [0.1, 0.15) is 39.1 Å². The normalized spacial score (nSPS) is 15.0. The van der Waals surface area contributed by atoms with Gasteiger partial charge in [0.15, 0.2) is 0 Å². The zero-order valence-electron chi connectivity index (χ0n) is 17.6. The van der Waals surface area contributed by atoms with Crippen LogP contribution in [0.4, 0.5) is 4.39 Å². The number of rotatable bonds is 7. The van der Waals surface area contributed by atoms with Crippen molar-refractivity contribution in [2.45, 2.75) is 19.3 Å². The molecule has 1 saturated heterocycles. The van der Waals surface area contributed by atoms with E-state index in [2.05, 4.69) is 4.90 Å². The molecule has 3 rings (SSSR count). The Balaban J connectivity index is 1.45. The van der Waals surface area contributed by atoms with Gasteiger partial charge in [0, 0.05) is 25.7 Å². The molecule has 0 N–H and O–H groups in total. The molecule has 0 saturated carbocycles. The van der Waals surface area contributed by atoms with Crippen LogP contribution in [0, 0.1) is 11.7 Å². The van der Waals surface area contributed by atoms with Crippen LogP contribution in [0.15, 0.2) is 48.5 Å². The SMILES string of the molecule is COC(=O)c1cccc(C(=O)N(C)CC2CCN(CCc3ccc(F)cc3)CC2)c1. The van der Waals surface area contributed by atoms with Crippen molar-refractivity contribution in [1.82, 2.24) is 9.80 Å². The highest BCUT2D eigenvalue weighted by molar-refractivity contribution is 5.97. The van der Waals surface area contributed by atoms with E-state index in [-0.39, 0.29) is 11.7 Å². The average Bonchev–Trinajstić information content (AvgIpc) is 2.78. The third-order valence-corrected chi connectivity index (χ3v) is 5.75. The maximum absolute atomic E-state index is 13.0. The summed E-state index contributed by atoms with van der Waals surface area (Å²) in [6.07, 6.45) is 3.01. The number of likely N-dealkylation sites (tertiary alicyclic amines) is 1. The van der Waals surface area contributed by atoms with Crippen molar-refractivity contribution in [2.24, 2.45) is 5.92 Å². The molecular weight excluding hydrogens is 383 g/mol. The van der Waals surface area contributed by atoms with Gasteiger partial charge in [0.2, 0.25) is 0 Å². The molecule has 160 valence electrons. The molecule has 2 aromatic rings. The molecule has 1 aliphatic rings. The number of ether oxygens (including phenoxy) is 1. The first-order valence-corrected chi connectivity index (χ1v) is 10.4. The molecule has 0 radical (unpaired) electrons. The Hall–Kier alpha value is -2.73. The van der Waals surface area contributed by atoms with Gasteiger partial charge in [0.25, 0.3) is 5.91 Å². The highest BCUT2D eigenvalue weighted by atomic mass is 19.1. The molecule has 5 nitrogen and oxygen atoms in total. The van der Waals surface area contributed by atoms with Crippen molar-refractivity contribution >= 4 is 11.9 Å². The third kappa shape index (κ3) is 5.89. The van der Waals surface area contributed by atoms with Gasteiger partial charge >= 0.3 is 5.97 Å². The van der Waals surface area contributed by atoms with Gasteiger partial charge in [-0.05, 0) is 74.2 Å². The second-order valence-corrected chi connectivity index (χ2v) is 7.92. The van der Waals surface area contributed by atoms with Gasteiger partial charge in [-0.3, -0.25) is 4.79 Å². The fourth-order valence-electron chi connectivity index (χ4n) is 3.92. The molecule has 1 amide bonds. The Bertz CT molecular complexity index is 861. The molecule has 1 heterocycles. The fourth-order valence-corrected chi connectivity index (χ4v) is 3.92. The van der Waals surface area contributed by atoms with Gasteiger partial charge in [-0.25, -0.2) is 9.18 Å². The van der Waals surface area contributed by atoms with Gasteiger partial charge in [0.1, 0.15) is 5.82 Å². The molecular formula is C24H29FN2O3. The quantitative estimate of drug-likeness (QED) is 0.652. The Morgan fingerprint density at radius 3 is 2.43 bits per heavy atom. The molecule has 0 aromatic heterocycles. The van der Waals surface area contributed by atoms with Crippen LogP contribution in [0.25, 0.3) is 0 Å². The van der Waals surface area contributed by atoms with E-state index in [0.717, 1.165) is 44.5 Å². The Labute approximate surface area is 177 Å². The van der Waals surface area contributed by atoms with Crippen LogP contribution in [0.2, 0.25) is 0 Å². The van der Waals surface area contributed by atoms with Crippen LogP contribution in [0.5, 0.6) is 0 Å². The molecule has 1 fully saturated rings. The van der Waals surface area contributed by atoms with E-state index >= 15 is 0 Å². The topological polar surface area (TPSA) is 49.9 Å². The molecule has 30 heavy (non-hydrogen) atoms. The van der Waals surface area contributed by atoms with Crippen LogP contribution in [-0.2, 0) is 11.2 Å². The molecule has 0 atom stereocenters. The van der Waals surface area contributed by atoms with Gasteiger partial charge in [-0.15, -0.1) is 0 Å². The van der Waals surface area contributed by atoms with E-state index in [9.17, 15) is 14.0 Å². The highest BCUT2D eigenvalue weighted by Crippen LogP contribution is 2.20. The van der Waals surface area contributed by atoms with E-state index in [4.69, 9.17) is 4.74 Å². The standard InChI is InChI=1S/C24H29FN2O3/c1-26(23(28)20-4-3-5-21(16-20)24(29)30-2)17-19-11-14-27(15-12-19)13-10-18-6-8-22(25)9-7-18/h3-9,16,19H,10-15,17H2,1-2H3. The van der Waals surface area contributed by atoms with Gasteiger partial charge in [0.05, 0.1) is 12.7 Å². The lowest BCUT2D eigenvalue weighted by molar-refractivity contribution is 0.0600. The van der Waals surface area contributed by atoms with E-state index in [1.807, 2.05) is 19.2 Å². The number of hydrogen-bond acceptors (Lipinski definition) is 4. The van der Waals surface area contributed by atoms with Crippen molar-refractivity contribution in [1.29, 1.82) is 0 Å². The minimum atomic E-state index is -0.444. The molecule has 0 spiro atoms. The maximum atomic E-state index is 13.0. The van der Waals surface area contributed by atoms with Gasteiger partial charge in [-0.1, -0.05) is 18.2 Å². The number of carbonyl (C=O) groups is 2. The zero-order chi connectivity index (χ0) is 21.5. The minimum absolute atomic E-state index is 0.0838. The molecule has 0 bridgehead atoms. The monoisotopic (exact) mass is 412 g/mol. The largest absolute Gasteiger partial charge is 0.465 e. The van der Waals surface area contributed by atoms with Crippen molar-refractivity contribution in [3.05, 3.63) is 71.0 Å². The summed E-state index contributed by atoms with van der Waals surface area (Å²) in [4.78, 5) is 28.6. The zero-order valence-corrected chi connectivity index (χ0v) is 17.6. The fraction of sp³-hybridized carbons (Fsp3) is 0.417. The molecule has 0 aliphatic carbocycles. The first-order chi connectivity index (χ1) is 14.5. The summed E-state index contributed by atoms with van der Waals surface area (Å²) < 4.78 is 17.7. The van der Waals surface area contributed by atoms with Gasteiger partial charge in [-0.2, -0.15) is 0 Å². The molecule has 1 aliphatic heterocycles. The Kier molecular flexibility index (Phi) is 7.57. The van der Waals surface area contributed by atoms with Crippen LogP contribution in [-0.4, -0.2) is 62.0 Å². The predicted octanol–water partition coefficient (Wildman–Crippen LogP) is 3.64. The second-order valence-electron chi connectivity index (χ2n) is 7.92. The lowest BCUT2D eigenvalue weighted by atomic mass is 9.95. The number of carbonyl (C=O) groups excluding carboxylic acids is 2. The smallest absolute Gasteiger partial charge is 0.337 e. The van der Waals surface area contributed by atoms with Crippen molar-refractivity contribution in [2.75, 3.05) is 40.3 Å². The van der Waals surface area contributed by atoms with Crippen LogP contribution in [0.3, 0.4) is 0 Å². The first-order valence-electron chi connectivity index (χ1n) is 10.4. The first kappa shape index (κ1) is 22.0. The summed E-state index contributed by atoms with van der Waals surface area (Å²) in [6, 6.07) is 13.4. The maximum Gasteiger partial charge on any atom is 0.337 e. The van der Waals surface area contributed by atoms with Crippen LogP contribution < -0.4 is 0 Å². The number of piperidine rings is 1. The Morgan fingerprint density at radius 1 is 1.10 bits per heavy atom. The predicted molar refractivity (Wildman–Crippen MR) is 114 cm³/mol. The number of nitrogens with zero attached hydrogens (tertiary/aromatic N) is 2. The number of methoxy groups -OCH3 is 1. The summed E-state index contributed by atoms with van der Waals surface area (Å²) in [7, 11) is 3.14. The van der Waals surface area contributed by atoms with Crippen molar-refractivity contribution in [3.63, 3.8) is 0 Å². The van der Waals surface area contributed by atoms with E-state index in [1.165, 1.54) is 19.2 Å². The second kappa shape index (κ2) is 10.3. The average molecular weight is 413 g/mol. The number of hydrogen-bond donors (Lipinski definition) is 0. The molecule has 6 heteroatoms. The van der Waals surface area contributed by atoms with E-state index in [1.54, 1.807) is 29.2 Å². The lowest BCUT2D eigenvalue weighted by Crippen LogP contribution is -2.40. The highest BCUT2D eigenvalue weighted by Gasteiger charge is 2.23. The number of esters is 1. The third-order valence-electron chi connectivity index (χ3n) is 5.75. The van der Waals surface area contributed by atoms with Crippen molar-refractivity contribution in [3.8, 4) is 0 Å². The number of benzene rings is 2. The molecule has 0 unspecified atom stereocenters. The lowest BCUT2D eigenvalue weighted by Gasteiger charge is -2.34. The number of amides is 1. The number of halogens is 1. The Morgan fingerprint density at radius 2 is 1.77 bits per heavy atom. The summed E-state index contributed by atoms with van der Waals surface area (Å²) in [5.41, 5.74) is 2.03. The summed E-state index contributed by atoms with van der Waals surface area (Å²) in [5, 5.41) is 0. The van der Waals surface area contributed by atoms with E-state index in [0.29, 0.717) is 23.6 Å². The minimum Gasteiger partial charge on any atom is -0.465 e. The van der Waals surface area contributed by atoms with Crippen molar-refractivity contribution < 1.29 is 18.7 Å². The van der Waals surface area contributed by atoms with E-state index < -0.39 is 5.97 Å². The summed E-state index contributed by atoms with van der Waals surface area (Å²) in [6.45, 7) is 3.68. The summed E-state index contributed by atoms with van der Waals surface area (Å²) >= 11 is 0. The molecule has 2 aromatic carbocycles. The van der Waals surface area contributed by atoms with Crippen LogP contribution >= 0.6 is 0 Å². The summed E-state index contributed by atoms with van der Waals surface area (Å²) in [5.74, 6) is -0.264.